The molecule has 1 aliphatic rings. The first-order valence-corrected chi connectivity index (χ1v) is 4.76. The third-order valence-corrected chi connectivity index (χ3v) is 2.11. The maximum absolute atomic E-state index is 10.8. The normalized spacial score (nSPS) is 14.8. The van der Waals surface area contributed by atoms with Gasteiger partial charge in [0.25, 0.3) is 0 Å². The lowest BCUT2D eigenvalue weighted by Gasteiger charge is -2.17. The lowest BCUT2D eigenvalue weighted by Crippen LogP contribution is -2.33. The molecule has 0 bridgehead atoms. The average molecular weight is 197 g/mol. The summed E-state index contributed by atoms with van der Waals surface area (Å²) in [6, 6.07) is 0.250. The quantitative estimate of drug-likeness (QED) is 0.513. The molecule has 0 aromatic carbocycles. The molecule has 0 radical (unpaired) electrons. The minimum atomic E-state index is -0.829. The molecule has 0 aromatic rings. The Morgan fingerprint density at radius 2 is 2.36 bits per heavy atom. The van der Waals surface area contributed by atoms with E-state index >= 15 is 0 Å². The largest absolute Gasteiger partial charge is 0.465 e. The molecule has 1 N–H and O–H groups in total. The van der Waals surface area contributed by atoms with Crippen LogP contribution in [0.15, 0.2) is 0 Å². The van der Waals surface area contributed by atoms with Crippen molar-refractivity contribution >= 4 is 6.09 Å². The molecule has 1 fully saturated rings. The van der Waals surface area contributed by atoms with Crippen LogP contribution in [0, 0.1) is 12.3 Å². The van der Waals surface area contributed by atoms with Gasteiger partial charge in [-0.15, -0.1) is 6.42 Å². The average Bonchev–Trinajstić information content (AvgIpc) is 2.94. The highest BCUT2D eigenvalue weighted by Gasteiger charge is 2.31. The highest BCUT2D eigenvalue weighted by molar-refractivity contribution is 5.65. The third-order valence-electron chi connectivity index (χ3n) is 2.11. The molecular weight excluding hydrogens is 182 g/mol. The van der Waals surface area contributed by atoms with E-state index in [2.05, 4.69) is 5.92 Å². The SMILES string of the molecule is C#CCOCCCN(C(=O)O)C1CC1. The van der Waals surface area contributed by atoms with Crippen LogP contribution in [0.2, 0.25) is 0 Å². The fraction of sp³-hybridized carbons (Fsp3) is 0.700. The van der Waals surface area contributed by atoms with Crippen molar-refractivity contribution in [1.82, 2.24) is 4.90 Å². The number of rotatable bonds is 6. The Morgan fingerprint density at radius 1 is 1.64 bits per heavy atom. The smallest absolute Gasteiger partial charge is 0.407 e. The van der Waals surface area contributed by atoms with E-state index in [1.54, 1.807) is 0 Å². The van der Waals surface area contributed by atoms with Crippen molar-refractivity contribution < 1.29 is 14.6 Å². The van der Waals surface area contributed by atoms with Gasteiger partial charge < -0.3 is 14.7 Å². The lowest BCUT2D eigenvalue weighted by atomic mass is 10.4. The molecule has 1 saturated carbocycles. The molecule has 4 nitrogen and oxygen atoms in total. The Labute approximate surface area is 83.8 Å². The van der Waals surface area contributed by atoms with Crippen molar-refractivity contribution in [3.8, 4) is 12.3 Å². The molecule has 0 atom stereocenters. The van der Waals surface area contributed by atoms with Crippen LogP contribution in [-0.4, -0.2) is 41.9 Å². The van der Waals surface area contributed by atoms with E-state index in [1.165, 1.54) is 4.90 Å². The summed E-state index contributed by atoms with van der Waals surface area (Å²) < 4.78 is 5.06. The van der Waals surface area contributed by atoms with Crippen molar-refractivity contribution in [1.29, 1.82) is 0 Å². The van der Waals surface area contributed by atoms with Gasteiger partial charge in [0.1, 0.15) is 6.61 Å². The Bertz CT molecular complexity index is 230. The van der Waals surface area contributed by atoms with Crippen molar-refractivity contribution in [2.75, 3.05) is 19.8 Å². The van der Waals surface area contributed by atoms with E-state index in [4.69, 9.17) is 16.3 Å². The van der Waals surface area contributed by atoms with Gasteiger partial charge in [-0.1, -0.05) is 5.92 Å². The van der Waals surface area contributed by atoms with E-state index in [0.29, 0.717) is 26.2 Å². The Kier molecular flexibility index (Phi) is 4.27. The fourth-order valence-corrected chi connectivity index (χ4v) is 1.29. The van der Waals surface area contributed by atoms with E-state index in [-0.39, 0.29) is 6.04 Å². The lowest BCUT2D eigenvalue weighted by molar-refractivity contribution is 0.124. The number of hydrogen-bond donors (Lipinski definition) is 1. The number of amides is 1. The molecule has 0 aliphatic heterocycles. The summed E-state index contributed by atoms with van der Waals surface area (Å²) in [5.74, 6) is 2.36. The van der Waals surface area contributed by atoms with Crippen LogP contribution in [0.5, 0.6) is 0 Å². The Morgan fingerprint density at radius 3 is 2.86 bits per heavy atom. The predicted octanol–water partition coefficient (Wildman–Crippen LogP) is 1.17. The first-order valence-electron chi connectivity index (χ1n) is 4.76. The van der Waals surface area contributed by atoms with Crippen molar-refractivity contribution in [3.63, 3.8) is 0 Å². The van der Waals surface area contributed by atoms with Crippen LogP contribution >= 0.6 is 0 Å². The minimum Gasteiger partial charge on any atom is -0.465 e. The number of hydrogen-bond acceptors (Lipinski definition) is 2. The molecule has 1 rings (SSSR count). The highest BCUT2D eigenvalue weighted by atomic mass is 16.5. The summed E-state index contributed by atoms with van der Waals surface area (Å²) in [5, 5.41) is 8.84. The van der Waals surface area contributed by atoms with Crippen LogP contribution in [0.4, 0.5) is 4.79 Å². The van der Waals surface area contributed by atoms with Gasteiger partial charge in [0.15, 0.2) is 0 Å². The zero-order valence-corrected chi connectivity index (χ0v) is 8.11. The zero-order valence-electron chi connectivity index (χ0n) is 8.11. The topological polar surface area (TPSA) is 49.8 Å². The molecule has 0 saturated heterocycles. The number of terminal acetylenes is 1. The Hall–Kier alpha value is -1.21. The molecule has 0 aromatic heterocycles. The maximum Gasteiger partial charge on any atom is 0.407 e. The third kappa shape index (κ3) is 3.67. The molecule has 1 amide bonds. The van der Waals surface area contributed by atoms with E-state index < -0.39 is 6.09 Å². The van der Waals surface area contributed by atoms with Crippen LogP contribution < -0.4 is 0 Å². The van der Waals surface area contributed by atoms with Gasteiger partial charge in [-0.3, -0.25) is 0 Å². The molecule has 4 heteroatoms. The second-order valence-electron chi connectivity index (χ2n) is 3.32. The van der Waals surface area contributed by atoms with Gasteiger partial charge in [-0.05, 0) is 19.3 Å². The van der Waals surface area contributed by atoms with E-state index in [0.717, 1.165) is 12.8 Å². The second kappa shape index (κ2) is 5.51. The van der Waals surface area contributed by atoms with E-state index in [1.807, 2.05) is 0 Å². The Balaban J connectivity index is 2.08. The van der Waals surface area contributed by atoms with Crippen molar-refractivity contribution in [3.05, 3.63) is 0 Å². The molecule has 78 valence electrons. The van der Waals surface area contributed by atoms with Gasteiger partial charge in [0.05, 0.1) is 0 Å². The summed E-state index contributed by atoms with van der Waals surface area (Å²) in [7, 11) is 0. The maximum atomic E-state index is 10.8. The molecular formula is C10H15NO3. The summed E-state index contributed by atoms with van der Waals surface area (Å²) in [6.45, 7) is 1.38. The van der Waals surface area contributed by atoms with Gasteiger partial charge >= 0.3 is 6.09 Å². The number of nitrogens with zero attached hydrogens (tertiary/aromatic N) is 1. The minimum absolute atomic E-state index is 0.250. The summed E-state index contributed by atoms with van der Waals surface area (Å²) >= 11 is 0. The highest BCUT2D eigenvalue weighted by Crippen LogP contribution is 2.26. The summed E-state index contributed by atoms with van der Waals surface area (Å²) in [6.07, 6.45) is 6.88. The standard InChI is InChI=1S/C10H15NO3/c1-2-7-14-8-3-6-11(10(12)13)9-4-5-9/h1,9H,3-8H2,(H,12,13). The zero-order chi connectivity index (χ0) is 10.4. The second-order valence-corrected chi connectivity index (χ2v) is 3.32. The summed E-state index contributed by atoms with van der Waals surface area (Å²) in [4.78, 5) is 12.2. The molecule has 14 heavy (non-hydrogen) atoms. The first-order chi connectivity index (χ1) is 6.75. The van der Waals surface area contributed by atoms with Crippen molar-refractivity contribution in [2.45, 2.75) is 25.3 Å². The van der Waals surface area contributed by atoms with Crippen LogP contribution in [-0.2, 0) is 4.74 Å². The molecule has 1 aliphatic carbocycles. The predicted molar refractivity (Wildman–Crippen MR) is 52.0 cm³/mol. The van der Waals surface area contributed by atoms with E-state index in [9.17, 15) is 4.79 Å². The molecule has 0 unspecified atom stereocenters. The van der Waals surface area contributed by atoms with Gasteiger partial charge in [-0.25, -0.2) is 4.79 Å². The number of ether oxygens (including phenoxy) is 1. The van der Waals surface area contributed by atoms with Gasteiger partial charge in [0, 0.05) is 19.2 Å². The fourth-order valence-electron chi connectivity index (χ4n) is 1.29. The van der Waals surface area contributed by atoms with Crippen LogP contribution in [0.3, 0.4) is 0 Å². The van der Waals surface area contributed by atoms with Crippen LogP contribution in [0.25, 0.3) is 0 Å². The molecule has 0 heterocycles. The monoisotopic (exact) mass is 197 g/mol. The van der Waals surface area contributed by atoms with Gasteiger partial charge in [0.2, 0.25) is 0 Å². The first kappa shape index (κ1) is 10.9. The summed E-state index contributed by atoms with van der Waals surface area (Å²) in [5.41, 5.74) is 0. The number of carboxylic acid groups (broad SMARTS) is 1. The molecule has 0 spiro atoms. The number of carbonyl (C=O) groups is 1. The van der Waals surface area contributed by atoms with Gasteiger partial charge in [-0.2, -0.15) is 0 Å². The van der Waals surface area contributed by atoms with Crippen LogP contribution in [0.1, 0.15) is 19.3 Å². The van der Waals surface area contributed by atoms with Crippen molar-refractivity contribution in [2.24, 2.45) is 0 Å².